The molecule has 1 heterocycles. The zero-order chi connectivity index (χ0) is 9.97. The topological polar surface area (TPSA) is 15.3 Å². The fraction of sp³-hybridized carbons (Fsp3) is 0.909. The van der Waals surface area contributed by atoms with Crippen LogP contribution in [0.15, 0.2) is 0 Å². The molecule has 0 amide bonds. The maximum atomic E-state index is 5.38. The van der Waals surface area contributed by atoms with E-state index in [-0.39, 0.29) is 0 Å². The summed E-state index contributed by atoms with van der Waals surface area (Å²) in [5, 5.41) is 4.42. The van der Waals surface area contributed by atoms with Crippen LogP contribution < -0.4 is 5.32 Å². The zero-order valence-corrected chi connectivity index (χ0v) is 9.78. The Morgan fingerprint density at radius 3 is 2.43 bits per heavy atom. The van der Waals surface area contributed by atoms with Crippen LogP contribution in [0.1, 0.15) is 39.0 Å². The lowest BCUT2D eigenvalue weighted by atomic mass is 9.95. The quantitative estimate of drug-likeness (QED) is 0.706. The fourth-order valence-electron chi connectivity index (χ4n) is 2.04. The molecule has 0 atom stereocenters. The van der Waals surface area contributed by atoms with Crippen LogP contribution in [0.2, 0.25) is 0 Å². The maximum Gasteiger partial charge on any atom is 0.169 e. The van der Waals surface area contributed by atoms with Crippen molar-refractivity contribution in [1.29, 1.82) is 0 Å². The number of nitrogens with zero attached hydrogens (tertiary/aromatic N) is 1. The molecule has 14 heavy (non-hydrogen) atoms. The van der Waals surface area contributed by atoms with Crippen molar-refractivity contribution in [3.05, 3.63) is 0 Å². The van der Waals surface area contributed by atoms with E-state index in [0.717, 1.165) is 24.1 Å². The van der Waals surface area contributed by atoms with Crippen LogP contribution in [0.4, 0.5) is 0 Å². The van der Waals surface area contributed by atoms with E-state index in [1.165, 1.54) is 32.1 Å². The molecule has 0 unspecified atom stereocenters. The van der Waals surface area contributed by atoms with Gasteiger partial charge in [-0.3, -0.25) is 0 Å². The Kier molecular flexibility index (Phi) is 3.26. The van der Waals surface area contributed by atoms with Crippen LogP contribution in [-0.4, -0.2) is 29.1 Å². The first-order valence-electron chi connectivity index (χ1n) is 5.85. The van der Waals surface area contributed by atoms with Crippen LogP contribution in [0.3, 0.4) is 0 Å². The van der Waals surface area contributed by atoms with E-state index < -0.39 is 0 Å². The van der Waals surface area contributed by atoms with Gasteiger partial charge < -0.3 is 10.2 Å². The van der Waals surface area contributed by atoms with E-state index in [2.05, 4.69) is 17.1 Å². The van der Waals surface area contributed by atoms with Gasteiger partial charge in [-0.05, 0) is 43.8 Å². The largest absolute Gasteiger partial charge is 0.360 e. The summed E-state index contributed by atoms with van der Waals surface area (Å²) in [6.45, 7) is 4.62. The molecule has 0 aromatic carbocycles. The molecule has 1 aliphatic heterocycles. The van der Waals surface area contributed by atoms with Crippen LogP contribution >= 0.6 is 12.2 Å². The normalized spacial score (nSPS) is 23.6. The number of hydrogen-bond acceptors (Lipinski definition) is 1. The highest BCUT2D eigenvalue weighted by molar-refractivity contribution is 7.80. The summed E-state index contributed by atoms with van der Waals surface area (Å²) in [7, 11) is 0. The minimum atomic E-state index is 0.700. The fourth-order valence-corrected chi connectivity index (χ4v) is 2.39. The van der Waals surface area contributed by atoms with Crippen molar-refractivity contribution < 1.29 is 0 Å². The van der Waals surface area contributed by atoms with Gasteiger partial charge in [0.1, 0.15) is 0 Å². The Balaban J connectivity index is 1.73. The van der Waals surface area contributed by atoms with Crippen LogP contribution in [0.5, 0.6) is 0 Å². The highest BCUT2D eigenvalue weighted by Crippen LogP contribution is 2.22. The van der Waals surface area contributed by atoms with Gasteiger partial charge in [0.25, 0.3) is 0 Å². The third-order valence-corrected chi connectivity index (χ3v) is 3.76. The number of rotatable bonds is 2. The Hall–Kier alpha value is -0.310. The Labute approximate surface area is 92.0 Å². The minimum Gasteiger partial charge on any atom is -0.360 e. The molecule has 1 aliphatic carbocycles. The lowest BCUT2D eigenvalue weighted by molar-refractivity contribution is 0.259. The van der Waals surface area contributed by atoms with Crippen molar-refractivity contribution in [2.75, 3.05) is 13.1 Å². The SMILES string of the molecule is CCC1CCN(C(=S)NC2CC2)CC1. The van der Waals surface area contributed by atoms with E-state index >= 15 is 0 Å². The van der Waals surface area contributed by atoms with E-state index in [4.69, 9.17) is 12.2 Å². The highest BCUT2D eigenvalue weighted by atomic mass is 32.1. The predicted molar refractivity (Wildman–Crippen MR) is 63.3 cm³/mol. The molecule has 0 aromatic rings. The van der Waals surface area contributed by atoms with Gasteiger partial charge in [0.15, 0.2) is 5.11 Å². The standard InChI is InChI=1S/C11H20N2S/c1-2-9-5-7-13(8-6-9)11(14)12-10-3-4-10/h9-10H,2-8H2,1H3,(H,12,14). The average molecular weight is 212 g/mol. The summed E-state index contributed by atoms with van der Waals surface area (Å²) in [5.74, 6) is 0.940. The first-order valence-corrected chi connectivity index (χ1v) is 6.26. The van der Waals surface area contributed by atoms with Gasteiger partial charge in [-0.15, -0.1) is 0 Å². The Bertz CT molecular complexity index is 205. The van der Waals surface area contributed by atoms with Crippen LogP contribution in [0, 0.1) is 5.92 Å². The molecule has 2 rings (SSSR count). The van der Waals surface area contributed by atoms with Crippen molar-refractivity contribution in [2.45, 2.75) is 45.1 Å². The summed E-state index contributed by atoms with van der Waals surface area (Å²) in [4.78, 5) is 2.35. The van der Waals surface area contributed by atoms with Gasteiger partial charge in [0.05, 0.1) is 0 Å². The molecule has 2 nitrogen and oxygen atoms in total. The summed E-state index contributed by atoms with van der Waals surface area (Å²) in [6, 6.07) is 0.700. The van der Waals surface area contributed by atoms with Gasteiger partial charge in [-0.25, -0.2) is 0 Å². The number of thiocarbonyl (C=S) groups is 1. The third kappa shape index (κ3) is 2.59. The molecule has 3 heteroatoms. The van der Waals surface area contributed by atoms with Gasteiger partial charge in [0.2, 0.25) is 0 Å². The smallest absolute Gasteiger partial charge is 0.169 e. The van der Waals surface area contributed by atoms with E-state index in [1.807, 2.05) is 0 Å². The molecule has 2 aliphatic rings. The predicted octanol–water partition coefficient (Wildman–Crippen LogP) is 2.15. The molecule has 80 valence electrons. The first-order chi connectivity index (χ1) is 6.79. The lowest BCUT2D eigenvalue weighted by Crippen LogP contribution is -2.44. The van der Waals surface area contributed by atoms with Gasteiger partial charge >= 0.3 is 0 Å². The molecule has 1 saturated carbocycles. The number of hydrogen-bond donors (Lipinski definition) is 1. The second-order valence-electron chi connectivity index (χ2n) is 4.56. The summed E-state index contributed by atoms with van der Waals surface area (Å²) >= 11 is 5.38. The molecule has 0 spiro atoms. The molecular weight excluding hydrogens is 192 g/mol. The number of piperidine rings is 1. The van der Waals surface area contributed by atoms with E-state index in [1.54, 1.807) is 0 Å². The van der Waals surface area contributed by atoms with Crippen molar-refractivity contribution in [3.63, 3.8) is 0 Å². The maximum absolute atomic E-state index is 5.38. The first kappa shape index (κ1) is 10.2. The Morgan fingerprint density at radius 2 is 1.93 bits per heavy atom. The number of likely N-dealkylation sites (tertiary alicyclic amines) is 1. The second kappa shape index (κ2) is 4.47. The summed E-state index contributed by atoms with van der Waals surface area (Å²) in [5.41, 5.74) is 0. The third-order valence-electron chi connectivity index (χ3n) is 3.38. The van der Waals surface area contributed by atoms with Gasteiger partial charge in [0, 0.05) is 19.1 Å². The molecule has 0 aromatic heterocycles. The van der Waals surface area contributed by atoms with Gasteiger partial charge in [-0.2, -0.15) is 0 Å². The molecule has 1 saturated heterocycles. The van der Waals surface area contributed by atoms with E-state index in [9.17, 15) is 0 Å². The molecule has 0 bridgehead atoms. The van der Waals surface area contributed by atoms with Crippen LogP contribution in [0.25, 0.3) is 0 Å². The van der Waals surface area contributed by atoms with Gasteiger partial charge in [-0.1, -0.05) is 13.3 Å². The molecule has 1 N–H and O–H groups in total. The van der Waals surface area contributed by atoms with E-state index in [0.29, 0.717) is 6.04 Å². The van der Waals surface area contributed by atoms with Crippen molar-refractivity contribution in [1.82, 2.24) is 10.2 Å². The van der Waals surface area contributed by atoms with Crippen molar-refractivity contribution in [3.8, 4) is 0 Å². The number of nitrogens with one attached hydrogen (secondary N) is 1. The summed E-state index contributed by atoms with van der Waals surface area (Å²) < 4.78 is 0. The molecule has 0 radical (unpaired) electrons. The molecular formula is C11H20N2S. The monoisotopic (exact) mass is 212 g/mol. The minimum absolute atomic E-state index is 0.700. The molecule has 2 fully saturated rings. The highest BCUT2D eigenvalue weighted by Gasteiger charge is 2.25. The van der Waals surface area contributed by atoms with Crippen molar-refractivity contribution in [2.24, 2.45) is 5.92 Å². The van der Waals surface area contributed by atoms with Crippen molar-refractivity contribution >= 4 is 17.3 Å². The Morgan fingerprint density at radius 1 is 1.29 bits per heavy atom. The zero-order valence-electron chi connectivity index (χ0n) is 8.96. The average Bonchev–Trinajstić information content (AvgIpc) is 3.02. The van der Waals surface area contributed by atoms with Crippen LogP contribution in [-0.2, 0) is 0 Å². The second-order valence-corrected chi connectivity index (χ2v) is 4.95. The lowest BCUT2D eigenvalue weighted by Gasteiger charge is -2.33. The summed E-state index contributed by atoms with van der Waals surface area (Å²) in [6.07, 6.45) is 6.60.